The van der Waals surface area contributed by atoms with Gasteiger partial charge in [0.2, 0.25) is 0 Å². The van der Waals surface area contributed by atoms with Gasteiger partial charge in [0.15, 0.2) is 0 Å². The molecule has 1 aliphatic rings. The zero-order valence-corrected chi connectivity index (χ0v) is 15.2. The van der Waals surface area contributed by atoms with Gasteiger partial charge in [-0.3, -0.25) is 14.5 Å². The molecule has 128 valence electrons. The van der Waals surface area contributed by atoms with E-state index in [1.54, 1.807) is 6.08 Å². The highest BCUT2D eigenvalue weighted by Gasteiger charge is 2.32. The molecule has 0 aromatic heterocycles. The summed E-state index contributed by atoms with van der Waals surface area (Å²) in [5.41, 5.74) is 0.896. The molecule has 1 fully saturated rings. The van der Waals surface area contributed by atoms with Gasteiger partial charge in [-0.25, -0.2) is 0 Å². The van der Waals surface area contributed by atoms with Gasteiger partial charge in [-0.05, 0) is 30.2 Å². The summed E-state index contributed by atoms with van der Waals surface area (Å²) in [6, 6.07) is 7.54. The predicted octanol–water partition coefficient (Wildman–Crippen LogP) is 3.24. The molecule has 5 nitrogen and oxygen atoms in total. The third-order valence-electron chi connectivity index (χ3n) is 3.29. The van der Waals surface area contributed by atoms with Gasteiger partial charge in [0.05, 0.1) is 25.0 Å². The molecular formula is C17H19NO4S2. The Kier molecular flexibility index (Phi) is 6.81. The summed E-state index contributed by atoms with van der Waals surface area (Å²) in [6.45, 7) is 2.97. The van der Waals surface area contributed by atoms with Crippen LogP contribution in [0.25, 0.3) is 6.08 Å². The number of carbonyl (C=O) groups is 2. The van der Waals surface area contributed by atoms with Crippen molar-refractivity contribution in [2.24, 2.45) is 0 Å². The molecule has 1 aromatic carbocycles. The number of ether oxygens (including phenoxy) is 2. The first-order valence-corrected chi connectivity index (χ1v) is 8.82. The predicted molar refractivity (Wildman–Crippen MR) is 98.7 cm³/mol. The molecule has 0 bridgehead atoms. The summed E-state index contributed by atoms with van der Waals surface area (Å²) < 4.78 is 10.6. The quantitative estimate of drug-likeness (QED) is 0.420. The zero-order chi connectivity index (χ0) is 17.5. The lowest BCUT2D eigenvalue weighted by molar-refractivity contribution is -0.140. The van der Waals surface area contributed by atoms with Gasteiger partial charge < -0.3 is 9.47 Å². The minimum Gasteiger partial charge on any atom is -0.494 e. The Hall–Kier alpha value is -1.86. The maximum Gasteiger partial charge on any atom is 0.307 e. The van der Waals surface area contributed by atoms with Gasteiger partial charge in [-0.1, -0.05) is 43.0 Å². The summed E-state index contributed by atoms with van der Waals surface area (Å²) >= 11 is 6.46. The number of thiocarbonyl (C=S) groups is 1. The summed E-state index contributed by atoms with van der Waals surface area (Å²) in [7, 11) is 1.32. The molecule has 1 amide bonds. The molecule has 0 unspecified atom stereocenters. The maximum absolute atomic E-state index is 12.4. The third-order valence-corrected chi connectivity index (χ3v) is 4.67. The average Bonchev–Trinajstić information content (AvgIpc) is 2.85. The van der Waals surface area contributed by atoms with Crippen molar-refractivity contribution in [2.75, 3.05) is 20.3 Å². The molecule has 1 aliphatic heterocycles. The highest BCUT2D eigenvalue weighted by molar-refractivity contribution is 8.26. The summed E-state index contributed by atoms with van der Waals surface area (Å²) in [5.74, 6) is 0.260. The molecule has 1 saturated heterocycles. The Morgan fingerprint density at radius 1 is 1.33 bits per heavy atom. The zero-order valence-electron chi connectivity index (χ0n) is 13.6. The van der Waals surface area contributed by atoms with Crippen LogP contribution in [-0.4, -0.2) is 41.4 Å². The molecule has 1 aromatic rings. The molecule has 0 N–H and O–H groups in total. The van der Waals surface area contributed by atoms with Crippen LogP contribution < -0.4 is 4.74 Å². The Balaban J connectivity index is 2.03. The molecule has 24 heavy (non-hydrogen) atoms. The number of nitrogens with zero attached hydrogens (tertiary/aromatic N) is 1. The van der Waals surface area contributed by atoms with E-state index in [0.717, 1.165) is 17.7 Å². The molecule has 0 atom stereocenters. The number of rotatable bonds is 7. The molecule has 2 rings (SSSR count). The SMILES string of the molecule is CCCOc1ccc(/C=C2\SC(=S)N(CCC(=O)OC)C2=O)cc1. The van der Waals surface area contributed by atoms with Crippen molar-refractivity contribution >= 4 is 46.3 Å². The lowest BCUT2D eigenvalue weighted by Gasteiger charge is -2.12. The maximum atomic E-state index is 12.4. The molecule has 0 radical (unpaired) electrons. The first-order chi connectivity index (χ1) is 11.5. The Labute approximate surface area is 151 Å². The van der Waals surface area contributed by atoms with E-state index < -0.39 is 0 Å². The van der Waals surface area contributed by atoms with Crippen LogP contribution in [0, 0.1) is 0 Å². The number of benzene rings is 1. The van der Waals surface area contributed by atoms with E-state index in [9.17, 15) is 9.59 Å². The van der Waals surface area contributed by atoms with Crippen LogP contribution >= 0.6 is 24.0 Å². The largest absolute Gasteiger partial charge is 0.494 e. The standard InChI is InChI=1S/C17H19NO4S2/c1-3-10-22-13-6-4-12(5-7-13)11-14-16(20)18(17(23)24-14)9-8-15(19)21-2/h4-7,11H,3,8-10H2,1-2H3/b14-11-. The highest BCUT2D eigenvalue weighted by atomic mass is 32.2. The Morgan fingerprint density at radius 3 is 2.67 bits per heavy atom. The molecule has 0 spiro atoms. The van der Waals surface area contributed by atoms with Crippen LogP contribution in [0.5, 0.6) is 5.75 Å². The van der Waals surface area contributed by atoms with Crippen molar-refractivity contribution in [3.63, 3.8) is 0 Å². The summed E-state index contributed by atoms with van der Waals surface area (Å²) in [4.78, 5) is 25.6. The van der Waals surface area contributed by atoms with E-state index in [1.165, 1.54) is 23.8 Å². The molecule has 0 saturated carbocycles. The van der Waals surface area contributed by atoms with Crippen molar-refractivity contribution in [3.8, 4) is 5.75 Å². The first kappa shape index (κ1) is 18.5. The van der Waals surface area contributed by atoms with Crippen LogP contribution in [0.2, 0.25) is 0 Å². The van der Waals surface area contributed by atoms with Crippen LogP contribution in [-0.2, 0) is 14.3 Å². The van der Waals surface area contributed by atoms with E-state index in [-0.39, 0.29) is 24.8 Å². The monoisotopic (exact) mass is 365 g/mol. The number of hydrogen-bond acceptors (Lipinski definition) is 6. The van der Waals surface area contributed by atoms with Gasteiger partial charge in [0.25, 0.3) is 5.91 Å². The average molecular weight is 365 g/mol. The Morgan fingerprint density at radius 2 is 2.04 bits per heavy atom. The number of methoxy groups -OCH3 is 1. The van der Waals surface area contributed by atoms with E-state index in [1.807, 2.05) is 24.3 Å². The van der Waals surface area contributed by atoms with Crippen molar-refractivity contribution in [1.82, 2.24) is 4.90 Å². The van der Waals surface area contributed by atoms with Crippen LogP contribution in [0.1, 0.15) is 25.3 Å². The second-order valence-corrected chi connectivity index (χ2v) is 6.75. The fourth-order valence-electron chi connectivity index (χ4n) is 2.03. The van der Waals surface area contributed by atoms with Gasteiger partial charge in [-0.2, -0.15) is 0 Å². The Bertz CT molecular complexity index is 655. The van der Waals surface area contributed by atoms with Crippen molar-refractivity contribution in [3.05, 3.63) is 34.7 Å². The number of hydrogen-bond donors (Lipinski definition) is 0. The topological polar surface area (TPSA) is 55.8 Å². The van der Waals surface area contributed by atoms with E-state index >= 15 is 0 Å². The minimum absolute atomic E-state index is 0.125. The molecule has 0 aliphatic carbocycles. The van der Waals surface area contributed by atoms with Crippen molar-refractivity contribution in [2.45, 2.75) is 19.8 Å². The van der Waals surface area contributed by atoms with Gasteiger partial charge in [0.1, 0.15) is 10.1 Å². The summed E-state index contributed by atoms with van der Waals surface area (Å²) in [6.07, 6.45) is 2.87. The van der Waals surface area contributed by atoms with Crippen LogP contribution in [0.4, 0.5) is 0 Å². The molecule has 7 heteroatoms. The van der Waals surface area contributed by atoms with E-state index in [0.29, 0.717) is 15.8 Å². The normalized spacial score (nSPS) is 15.9. The number of amides is 1. The van der Waals surface area contributed by atoms with Crippen LogP contribution in [0.15, 0.2) is 29.2 Å². The van der Waals surface area contributed by atoms with Crippen molar-refractivity contribution in [1.29, 1.82) is 0 Å². The fraction of sp³-hybridized carbons (Fsp3) is 0.353. The smallest absolute Gasteiger partial charge is 0.307 e. The minimum atomic E-state index is -0.365. The fourth-order valence-corrected chi connectivity index (χ4v) is 3.34. The van der Waals surface area contributed by atoms with Crippen molar-refractivity contribution < 1.29 is 19.1 Å². The first-order valence-electron chi connectivity index (χ1n) is 7.60. The van der Waals surface area contributed by atoms with Crippen LogP contribution in [0.3, 0.4) is 0 Å². The van der Waals surface area contributed by atoms with E-state index in [2.05, 4.69) is 11.7 Å². The lowest BCUT2D eigenvalue weighted by atomic mass is 10.2. The van der Waals surface area contributed by atoms with E-state index in [4.69, 9.17) is 17.0 Å². The van der Waals surface area contributed by atoms with Gasteiger partial charge in [-0.15, -0.1) is 0 Å². The second kappa shape index (κ2) is 8.84. The number of thioether (sulfide) groups is 1. The number of carbonyl (C=O) groups excluding carboxylic acids is 2. The molecular weight excluding hydrogens is 346 g/mol. The lowest BCUT2D eigenvalue weighted by Crippen LogP contribution is -2.30. The highest BCUT2D eigenvalue weighted by Crippen LogP contribution is 2.32. The van der Waals surface area contributed by atoms with Gasteiger partial charge in [0, 0.05) is 6.54 Å². The molecule has 1 heterocycles. The summed E-state index contributed by atoms with van der Waals surface area (Å²) in [5, 5.41) is 0. The third kappa shape index (κ3) is 4.82. The van der Waals surface area contributed by atoms with Gasteiger partial charge >= 0.3 is 5.97 Å². The second-order valence-electron chi connectivity index (χ2n) is 5.08. The number of esters is 1.